The number of piperidine rings is 1. The third-order valence-corrected chi connectivity index (χ3v) is 14.9. The van der Waals surface area contributed by atoms with Gasteiger partial charge in [0.1, 0.15) is 23.2 Å². The van der Waals surface area contributed by atoms with E-state index in [1.54, 1.807) is 27.0 Å². The molecule has 1 aliphatic carbocycles. The molecule has 1 amide bonds. The number of nitrogens with zero attached hydrogens (tertiary/aromatic N) is 4. The standard InChI is InChI=1S/C33H45N5O6SSi/c1-22(44-46(8,9)33(5,6)7)30-34-16-17-37(30)19-25-18-29(43-35-25)24-13-10-23(11-14-24)12-15-26-27-20-38(21-28(26)27)45(40,41)36-31(39)42-32(2,3)4/h10-11,13-14,16-18,22,26-28H,19-21H2,1-9H3,(H,36,39)/t22-,26-,27-,28+/m0/s1. The lowest BCUT2D eigenvalue weighted by molar-refractivity contribution is 0.0567. The molecule has 13 heteroatoms. The lowest BCUT2D eigenvalue weighted by atomic mass is 10.1. The van der Waals surface area contributed by atoms with Crippen molar-refractivity contribution in [3.8, 4) is 23.2 Å². The van der Waals surface area contributed by atoms with Crippen LogP contribution in [0.15, 0.2) is 47.2 Å². The Labute approximate surface area is 273 Å². The average Bonchev–Trinajstić information content (AvgIpc) is 3.41. The summed E-state index contributed by atoms with van der Waals surface area (Å²) in [5.41, 5.74) is 1.76. The Kier molecular flexibility index (Phi) is 9.06. The van der Waals surface area contributed by atoms with Gasteiger partial charge in [-0.2, -0.15) is 12.7 Å². The van der Waals surface area contributed by atoms with Crippen LogP contribution in [0.25, 0.3) is 11.3 Å². The molecule has 1 saturated heterocycles. The minimum atomic E-state index is -3.95. The molecule has 4 atom stereocenters. The molecular formula is C33H45N5O6SSi. The van der Waals surface area contributed by atoms with Crippen LogP contribution >= 0.6 is 0 Å². The van der Waals surface area contributed by atoms with Crippen molar-refractivity contribution in [1.82, 2.24) is 23.7 Å². The Morgan fingerprint density at radius 2 is 1.78 bits per heavy atom. The van der Waals surface area contributed by atoms with Crippen molar-refractivity contribution in [3.63, 3.8) is 0 Å². The number of imidazole rings is 1. The minimum Gasteiger partial charge on any atom is -0.443 e. The van der Waals surface area contributed by atoms with Crippen molar-refractivity contribution in [2.75, 3.05) is 13.1 Å². The van der Waals surface area contributed by atoms with Gasteiger partial charge < -0.3 is 18.3 Å². The van der Waals surface area contributed by atoms with Crippen LogP contribution < -0.4 is 4.72 Å². The Morgan fingerprint density at radius 1 is 1.13 bits per heavy atom. The molecule has 11 nitrogen and oxygen atoms in total. The first-order valence-corrected chi connectivity index (χ1v) is 19.9. The van der Waals surface area contributed by atoms with Crippen LogP contribution in [0, 0.1) is 29.6 Å². The third kappa shape index (κ3) is 7.74. The van der Waals surface area contributed by atoms with E-state index in [9.17, 15) is 13.2 Å². The zero-order valence-electron chi connectivity index (χ0n) is 28.1. The van der Waals surface area contributed by atoms with E-state index in [1.165, 1.54) is 4.31 Å². The molecule has 3 heterocycles. The average molecular weight is 668 g/mol. The van der Waals surface area contributed by atoms with Gasteiger partial charge in [0.2, 0.25) is 0 Å². The van der Waals surface area contributed by atoms with Crippen molar-refractivity contribution in [2.24, 2.45) is 17.8 Å². The van der Waals surface area contributed by atoms with E-state index in [1.807, 2.05) is 41.3 Å². The summed E-state index contributed by atoms with van der Waals surface area (Å²) >= 11 is 0. The number of carbonyl (C=O) groups is 1. The number of amides is 1. The molecule has 5 rings (SSSR count). The Hall–Kier alpha value is -3.44. The molecule has 0 unspecified atom stereocenters. The first kappa shape index (κ1) is 33.9. The van der Waals surface area contributed by atoms with E-state index in [0.29, 0.717) is 25.4 Å². The Morgan fingerprint density at radius 3 is 2.39 bits per heavy atom. The molecule has 1 aromatic carbocycles. The van der Waals surface area contributed by atoms with E-state index >= 15 is 0 Å². The quantitative estimate of drug-likeness (QED) is 0.230. The zero-order chi connectivity index (χ0) is 33.7. The first-order valence-electron chi connectivity index (χ1n) is 15.6. The summed E-state index contributed by atoms with van der Waals surface area (Å²) in [6.45, 7) is 19.4. The van der Waals surface area contributed by atoms with Gasteiger partial charge in [-0.05, 0) is 81.9 Å². The molecule has 2 fully saturated rings. The van der Waals surface area contributed by atoms with Crippen molar-refractivity contribution < 1.29 is 26.9 Å². The van der Waals surface area contributed by atoms with Gasteiger partial charge in [-0.15, -0.1) is 0 Å². The summed E-state index contributed by atoms with van der Waals surface area (Å²) in [7, 11) is -5.91. The molecule has 0 radical (unpaired) electrons. The largest absolute Gasteiger partial charge is 0.443 e. The molecule has 1 saturated carbocycles. The van der Waals surface area contributed by atoms with E-state index in [0.717, 1.165) is 22.6 Å². The number of hydrogen-bond acceptors (Lipinski definition) is 8. The molecule has 1 aliphatic heterocycles. The van der Waals surface area contributed by atoms with Gasteiger partial charge in [-0.3, -0.25) is 0 Å². The van der Waals surface area contributed by atoms with Crippen molar-refractivity contribution >= 4 is 24.6 Å². The van der Waals surface area contributed by atoms with Gasteiger partial charge >= 0.3 is 16.3 Å². The second-order valence-corrected chi connectivity index (χ2v) is 21.2. The van der Waals surface area contributed by atoms with Gasteiger partial charge in [-0.25, -0.2) is 14.5 Å². The maximum atomic E-state index is 12.6. The van der Waals surface area contributed by atoms with Gasteiger partial charge in [0.25, 0.3) is 0 Å². The fourth-order valence-electron chi connectivity index (χ4n) is 5.43. The lowest BCUT2D eigenvalue weighted by Crippen LogP contribution is -2.45. The molecule has 3 aromatic rings. The summed E-state index contributed by atoms with van der Waals surface area (Å²) in [6, 6.07) is 9.73. The van der Waals surface area contributed by atoms with Crippen LogP contribution in [0.5, 0.6) is 0 Å². The maximum absolute atomic E-state index is 12.6. The number of aromatic nitrogens is 3. The van der Waals surface area contributed by atoms with E-state index < -0.39 is 30.2 Å². The number of nitrogens with one attached hydrogen (secondary N) is 1. The summed E-state index contributed by atoms with van der Waals surface area (Å²) in [6.07, 6.45) is 2.62. The minimum absolute atomic E-state index is 0.106. The number of benzene rings is 1. The smallest absolute Gasteiger partial charge is 0.422 e. The molecule has 1 N–H and O–H groups in total. The van der Waals surface area contributed by atoms with E-state index in [2.05, 4.69) is 67.3 Å². The lowest BCUT2D eigenvalue weighted by Gasteiger charge is -2.38. The zero-order valence-corrected chi connectivity index (χ0v) is 29.9. The van der Waals surface area contributed by atoms with Crippen LogP contribution in [0.3, 0.4) is 0 Å². The third-order valence-electron chi connectivity index (χ3n) is 8.94. The van der Waals surface area contributed by atoms with Gasteiger partial charge in [-0.1, -0.05) is 37.8 Å². The first-order chi connectivity index (χ1) is 21.3. The molecule has 248 valence electrons. The molecule has 0 bridgehead atoms. The van der Waals surface area contributed by atoms with Crippen molar-refractivity contribution in [1.29, 1.82) is 0 Å². The highest BCUT2D eigenvalue weighted by molar-refractivity contribution is 7.87. The van der Waals surface area contributed by atoms with Crippen LogP contribution in [0.4, 0.5) is 4.79 Å². The van der Waals surface area contributed by atoms with Gasteiger partial charge in [0.05, 0.1) is 6.54 Å². The molecule has 46 heavy (non-hydrogen) atoms. The molecule has 0 spiro atoms. The monoisotopic (exact) mass is 667 g/mol. The Bertz CT molecular complexity index is 1730. The van der Waals surface area contributed by atoms with E-state index in [4.69, 9.17) is 13.7 Å². The van der Waals surface area contributed by atoms with Crippen LogP contribution in [0.2, 0.25) is 18.1 Å². The maximum Gasteiger partial charge on any atom is 0.422 e. The summed E-state index contributed by atoms with van der Waals surface area (Å²) in [4.78, 5) is 16.5. The summed E-state index contributed by atoms with van der Waals surface area (Å²) in [5, 5.41) is 4.40. The molecule has 2 aromatic heterocycles. The second-order valence-electron chi connectivity index (χ2n) is 14.7. The number of rotatable bonds is 8. The number of ether oxygens (including phenoxy) is 1. The highest BCUT2D eigenvalue weighted by Crippen LogP contribution is 2.51. The summed E-state index contributed by atoms with van der Waals surface area (Å²) < 4.78 is 47.8. The normalized spacial score (nSPS) is 20.8. The molecule has 2 aliphatic rings. The fourth-order valence-corrected chi connectivity index (χ4v) is 7.89. The predicted octanol–water partition coefficient (Wildman–Crippen LogP) is 5.97. The number of hydrogen-bond donors (Lipinski definition) is 1. The Balaban J connectivity index is 1.14. The van der Waals surface area contributed by atoms with Crippen LogP contribution in [0.1, 0.15) is 71.7 Å². The van der Waals surface area contributed by atoms with Crippen molar-refractivity contribution in [3.05, 3.63) is 59.8 Å². The molecular weight excluding hydrogens is 623 g/mol. The van der Waals surface area contributed by atoms with Crippen molar-refractivity contribution in [2.45, 2.75) is 84.8 Å². The van der Waals surface area contributed by atoms with Crippen LogP contribution in [-0.2, 0) is 25.9 Å². The predicted molar refractivity (Wildman–Crippen MR) is 177 cm³/mol. The topological polar surface area (TPSA) is 129 Å². The number of carbonyl (C=O) groups excluding carboxylic acids is 1. The number of fused-ring (bicyclic) bond motifs is 1. The van der Waals surface area contributed by atoms with Gasteiger partial charge in [0, 0.05) is 48.6 Å². The fraction of sp³-hybridized carbons (Fsp3) is 0.545. The van der Waals surface area contributed by atoms with Crippen LogP contribution in [-0.4, -0.2) is 60.5 Å². The van der Waals surface area contributed by atoms with E-state index in [-0.39, 0.29) is 28.9 Å². The highest BCUT2D eigenvalue weighted by atomic mass is 32.2. The van der Waals surface area contributed by atoms with Gasteiger partial charge in [0.15, 0.2) is 14.1 Å². The SMILES string of the molecule is C[C@H](O[Si](C)(C)C(C)(C)C)c1nccn1Cc1cc(-c2ccc(C#C[C@@H]3[C@H]4CN(S(=O)(=O)NC(=O)OC(C)(C)C)C[C@@H]34)cc2)on1. The highest BCUT2D eigenvalue weighted by Gasteiger charge is 2.57. The summed E-state index contributed by atoms with van der Waals surface area (Å²) in [5.74, 6) is 8.52. The second kappa shape index (κ2) is 12.3.